The molecule has 0 atom stereocenters. The molecule has 0 spiro atoms. The number of benzene rings is 2. The first kappa shape index (κ1) is 18.3. The van der Waals surface area contributed by atoms with E-state index in [1.54, 1.807) is 19.1 Å². The lowest BCUT2D eigenvalue weighted by atomic mass is 10.1. The van der Waals surface area contributed by atoms with Gasteiger partial charge in [-0.05, 0) is 26.0 Å². The van der Waals surface area contributed by atoms with Crippen molar-refractivity contribution in [1.29, 1.82) is 0 Å². The van der Waals surface area contributed by atoms with Crippen LogP contribution in [0.1, 0.15) is 21.7 Å². The standard InChI is InChI=1S/C20H15ClN4O2S/c1-11-6-5-7-13(10-11)19-23-24-20(28-19)22-18(26)16-12(2)27-25-17(16)14-8-3-4-9-15(14)21/h3-10H,1-2H3,(H,22,24,26). The van der Waals surface area contributed by atoms with E-state index >= 15 is 0 Å². The molecule has 0 bridgehead atoms. The highest BCUT2D eigenvalue weighted by molar-refractivity contribution is 7.18. The molecule has 4 rings (SSSR count). The second kappa shape index (κ2) is 7.53. The van der Waals surface area contributed by atoms with Crippen molar-refractivity contribution in [3.63, 3.8) is 0 Å². The maximum atomic E-state index is 12.9. The fraction of sp³-hybridized carbons (Fsp3) is 0.100. The Labute approximate surface area is 170 Å². The van der Waals surface area contributed by atoms with E-state index in [1.165, 1.54) is 11.3 Å². The number of rotatable bonds is 4. The molecule has 0 aliphatic heterocycles. The SMILES string of the molecule is Cc1cccc(-c2nnc(NC(=O)c3c(-c4ccccc4Cl)noc3C)s2)c1. The highest BCUT2D eigenvalue weighted by Crippen LogP contribution is 2.32. The number of anilines is 1. The number of nitrogens with one attached hydrogen (secondary N) is 1. The second-order valence-electron chi connectivity index (χ2n) is 6.18. The first-order valence-electron chi connectivity index (χ1n) is 8.46. The van der Waals surface area contributed by atoms with E-state index in [1.807, 2.05) is 43.3 Å². The van der Waals surface area contributed by atoms with Gasteiger partial charge in [-0.15, -0.1) is 10.2 Å². The monoisotopic (exact) mass is 410 g/mol. The van der Waals surface area contributed by atoms with Gasteiger partial charge in [-0.3, -0.25) is 10.1 Å². The predicted octanol–water partition coefficient (Wildman–Crippen LogP) is 5.38. The molecule has 4 aromatic rings. The van der Waals surface area contributed by atoms with Crippen LogP contribution in [0, 0.1) is 13.8 Å². The molecule has 1 N–H and O–H groups in total. The normalized spacial score (nSPS) is 10.8. The lowest BCUT2D eigenvalue weighted by molar-refractivity contribution is 0.102. The van der Waals surface area contributed by atoms with Crippen molar-refractivity contribution >= 4 is 34.0 Å². The zero-order valence-electron chi connectivity index (χ0n) is 15.1. The molecule has 0 aliphatic rings. The molecule has 2 heterocycles. The van der Waals surface area contributed by atoms with Crippen molar-refractivity contribution < 1.29 is 9.32 Å². The summed E-state index contributed by atoms with van der Waals surface area (Å²) in [7, 11) is 0. The highest BCUT2D eigenvalue weighted by atomic mass is 35.5. The van der Waals surface area contributed by atoms with Crippen molar-refractivity contribution in [2.75, 3.05) is 5.32 Å². The van der Waals surface area contributed by atoms with E-state index in [0.29, 0.717) is 32.7 Å². The third kappa shape index (κ3) is 3.54. The van der Waals surface area contributed by atoms with Crippen LogP contribution in [0.25, 0.3) is 21.8 Å². The Morgan fingerprint density at radius 1 is 1.11 bits per heavy atom. The Hall–Kier alpha value is -3.03. The number of aryl methyl sites for hydroxylation is 2. The number of amides is 1. The summed E-state index contributed by atoms with van der Waals surface area (Å²) in [6.07, 6.45) is 0. The topological polar surface area (TPSA) is 80.9 Å². The Balaban J connectivity index is 1.62. The summed E-state index contributed by atoms with van der Waals surface area (Å²) in [4.78, 5) is 12.9. The van der Waals surface area contributed by atoms with E-state index in [4.69, 9.17) is 16.1 Å². The fourth-order valence-electron chi connectivity index (χ4n) is 2.80. The maximum absolute atomic E-state index is 12.9. The Kier molecular flexibility index (Phi) is 4.93. The number of nitrogens with zero attached hydrogens (tertiary/aromatic N) is 3. The quantitative estimate of drug-likeness (QED) is 0.488. The number of carbonyl (C=O) groups excluding carboxylic acids is 1. The van der Waals surface area contributed by atoms with Crippen molar-refractivity contribution in [1.82, 2.24) is 15.4 Å². The van der Waals surface area contributed by atoms with Crippen LogP contribution in [0.15, 0.2) is 53.1 Å². The summed E-state index contributed by atoms with van der Waals surface area (Å²) in [5.74, 6) is 0.0245. The molecule has 8 heteroatoms. The molecule has 1 amide bonds. The van der Waals surface area contributed by atoms with Gasteiger partial charge in [0.05, 0.1) is 5.02 Å². The van der Waals surface area contributed by atoms with E-state index in [-0.39, 0.29) is 5.91 Å². The first-order chi connectivity index (χ1) is 13.5. The number of hydrogen-bond acceptors (Lipinski definition) is 6. The molecule has 0 unspecified atom stereocenters. The van der Waals surface area contributed by atoms with Gasteiger partial charge in [-0.25, -0.2) is 0 Å². The van der Waals surface area contributed by atoms with Gasteiger partial charge in [0.1, 0.15) is 22.0 Å². The lowest BCUT2D eigenvalue weighted by Gasteiger charge is -2.04. The van der Waals surface area contributed by atoms with Gasteiger partial charge in [-0.1, -0.05) is 70.1 Å². The van der Waals surface area contributed by atoms with Crippen LogP contribution in [0.2, 0.25) is 5.02 Å². The van der Waals surface area contributed by atoms with Crippen molar-refractivity contribution in [2.45, 2.75) is 13.8 Å². The summed E-state index contributed by atoms with van der Waals surface area (Å²) in [5.41, 5.74) is 3.42. The highest BCUT2D eigenvalue weighted by Gasteiger charge is 2.24. The summed E-state index contributed by atoms with van der Waals surface area (Å²) in [5, 5.41) is 16.7. The molecule has 2 aromatic carbocycles. The van der Waals surface area contributed by atoms with Crippen LogP contribution in [-0.4, -0.2) is 21.3 Å². The van der Waals surface area contributed by atoms with Crippen LogP contribution >= 0.6 is 22.9 Å². The van der Waals surface area contributed by atoms with Crippen molar-refractivity contribution in [3.05, 3.63) is 70.4 Å². The van der Waals surface area contributed by atoms with E-state index in [9.17, 15) is 4.79 Å². The van der Waals surface area contributed by atoms with Gasteiger partial charge in [0.15, 0.2) is 0 Å². The Bertz CT molecular complexity index is 1170. The number of aromatic nitrogens is 3. The van der Waals surface area contributed by atoms with Gasteiger partial charge in [0, 0.05) is 11.1 Å². The molecular formula is C20H15ClN4O2S. The average Bonchev–Trinajstić information content (AvgIpc) is 3.29. The fourth-order valence-corrected chi connectivity index (χ4v) is 3.76. The first-order valence-corrected chi connectivity index (χ1v) is 9.65. The molecule has 0 fully saturated rings. The summed E-state index contributed by atoms with van der Waals surface area (Å²) >= 11 is 7.55. The van der Waals surface area contributed by atoms with Gasteiger partial charge < -0.3 is 4.52 Å². The zero-order valence-corrected chi connectivity index (χ0v) is 16.6. The minimum atomic E-state index is -0.374. The average molecular weight is 411 g/mol. The molecule has 2 aromatic heterocycles. The van der Waals surface area contributed by atoms with E-state index in [0.717, 1.165) is 16.1 Å². The molecule has 28 heavy (non-hydrogen) atoms. The molecule has 0 radical (unpaired) electrons. The minimum absolute atomic E-state index is 0.320. The maximum Gasteiger partial charge on any atom is 0.263 e. The molecular weight excluding hydrogens is 396 g/mol. The summed E-state index contributed by atoms with van der Waals surface area (Å²) in [6.45, 7) is 3.69. The van der Waals surface area contributed by atoms with Gasteiger partial charge in [0.2, 0.25) is 5.13 Å². The predicted molar refractivity (Wildman–Crippen MR) is 110 cm³/mol. The van der Waals surface area contributed by atoms with Crippen LogP contribution in [0.4, 0.5) is 5.13 Å². The van der Waals surface area contributed by atoms with Crippen molar-refractivity contribution in [3.8, 4) is 21.8 Å². The van der Waals surface area contributed by atoms with Gasteiger partial charge in [-0.2, -0.15) is 0 Å². The Morgan fingerprint density at radius 2 is 1.93 bits per heavy atom. The minimum Gasteiger partial charge on any atom is -0.360 e. The molecule has 0 aliphatic carbocycles. The van der Waals surface area contributed by atoms with Crippen LogP contribution in [0.5, 0.6) is 0 Å². The van der Waals surface area contributed by atoms with Crippen molar-refractivity contribution in [2.24, 2.45) is 0 Å². The van der Waals surface area contributed by atoms with Crippen LogP contribution in [-0.2, 0) is 0 Å². The summed E-state index contributed by atoms with van der Waals surface area (Å²) in [6, 6.07) is 15.1. The van der Waals surface area contributed by atoms with E-state index in [2.05, 4.69) is 20.7 Å². The number of carbonyl (C=O) groups is 1. The van der Waals surface area contributed by atoms with Gasteiger partial charge in [0.25, 0.3) is 5.91 Å². The Morgan fingerprint density at radius 3 is 2.71 bits per heavy atom. The molecule has 0 saturated heterocycles. The van der Waals surface area contributed by atoms with Crippen LogP contribution in [0.3, 0.4) is 0 Å². The number of hydrogen-bond donors (Lipinski definition) is 1. The summed E-state index contributed by atoms with van der Waals surface area (Å²) < 4.78 is 5.25. The molecule has 0 saturated carbocycles. The largest absolute Gasteiger partial charge is 0.360 e. The third-order valence-electron chi connectivity index (χ3n) is 4.13. The smallest absolute Gasteiger partial charge is 0.263 e. The zero-order chi connectivity index (χ0) is 19.7. The lowest BCUT2D eigenvalue weighted by Crippen LogP contribution is -2.13. The molecule has 140 valence electrons. The van der Waals surface area contributed by atoms with Gasteiger partial charge >= 0.3 is 0 Å². The third-order valence-corrected chi connectivity index (χ3v) is 5.35. The number of halogens is 1. The van der Waals surface area contributed by atoms with Crippen LogP contribution < -0.4 is 5.32 Å². The molecule has 6 nitrogen and oxygen atoms in total. The van der Waals surface area contributed by atoms with E-state index < -0.39 is 0 Å². The second-order valence-corrected chi connectivity index (χ2v) is 7.56.